The SMILES string of the molecule is O=C(NCc1cn[nH]c1)Nc1ccc(S(=O)(=O)c2ccc(F)cc2F)cc1. The third-order valence-electron chi connectivity index (χ3n) is 3.61. The molecule has 2 amide bonds. The smallest absolute Gasteiger partial charge is 0.319 e. The van der Waals surface area contributed by atoms with Gasteiger partial charge >= 0.3 is 6.03 Å². The number of aromatic nitrogens is 2. The number of hydrogen-bond acceptors (Lipinski definition) is 4. The zero-order chi connectivity index (χ0) is 19.4. The van der Waals surface area contributed by atoms with Gasteiger partial charge in [0.15, 0.2) is 0 Å². The van der Waals surface area contributed by atoms with Crippen LogP contribution in [0.3, 0.4) is 0 Å². The minimum absolute atomic E-state index is 0.183. The number of carbonyl (C=O) groups is 1. The zero-order valence-corrected chi connectivity index (χ0v) is 14.6. The molecule has 0 unspecified atom stereocenters. The Hall–Kier alpha value is -3.27. The first kappa shape index (κ1) is 18.5. The van der Waals surface area contributed by atoms with E-state index in [0.29, 0.717) is 11.8 Å². The second kappa shape index (κ2) is 7.54. The Morgan fingerprint density at radius 2 is 1.85 bits per heavy atom. The summed E-state index contributed by atoms with van der Waals surface area (Å²) in [4.78, 5) is 11.0. The van der Waals surface area contributed by atoms with Gasteiger partial charge in [-0.2, -0.15) is 5.10 Å². The first-order valence-electron chi connectivity index (χ1n) is 7.69. The van der Waals surface area contributed by atoms with Crippen molar-refractivity contribution in [3.05, 3.63) is 72.1 Å². The van der Waals surface area contributed by atoms with E-state index in [-0.39, 0.29) is 11.4 Å². The number of nitrogens with one attached hydrogen (secondary N) is 3. The Morgan fingerprint density at radius 3 is 2.48 bits per heavy atom. The molecule has 0 aliphatic rings. The molecule has 140 valence electrons. The fourth-order valence-electron chi connectivity index (χ4n) is 2.27. The van der Waals surface area contributed by atoms with Gasteiger partial charge in [-0.05, 0) is 36.4 Å². The van der Waals surface area contributed by atoms with E-state index < -0.39 is 32.4 Å². The molecule has 1 heterocycles. The molecule has 0 spiro atoms. The van der Waals surface area contributed by atoms with Gasteiger partial charge in [0.1, 0.15) is 16.5 Å². The molecule has 0 atom stereocenters. The lowest BCUT2D eigenvalue weighted by Crippen LogP contribution is -2.28. The second-order valence-electron chi connectivity index (χ2n) is 5.52. The summed E-state index contributed by atoms with van der Waals surface area (Å²) < 4.78 is 51.7. The summed E-state index contributed by atoms with van der Waals surface area (Å²) in [5.41, 5.74) is 1.13. The van der Waals surface area contributed by atoms with Crippen LogP contribution in [0.5, 0.6) is 0 Å². The van der Waals surface area contributed by atoms with Gasteiger partial charge in [-0.25, -0.2) is 22.0 Å². The lowest BCUT2D eigenvalue weighted by Gasteiger charge is -2.09. The van der Waals surface area contributed by atoms with Gasteiger partial charge in [0.2, 0.25) is 9.84 Å². The first-order valence-corrected chi connectivity index (χ1v) is 9.17. The molecule has 10 heteroatoms. The van der Waals surface area contributed by atoms with E-state index in [9.17, 15) is 22.0 Å². The molecule has 1 aromatic heterocycles. The number of anilines is 1. The highest BCUT2D eigenvalue weighted by molar-refractivity contribution is 7.91. The summed E-state index contributed by atoms with van der Waals surface area (Å²) in [6, 6.07) is 6.95. The third-order valence-corrected chi connectivity index (χ3v) is 5.42. The highest BCUT2D eigenvalue weighted by Crippen LogP contribution is 2.25. The van der Waals surface area contributed by atoms with Crippen LogP contribution in [-0.4, -0.2) is 24.6 Å². The molecule has 0 bridgehead atoms. The Balaban J connectivity index is 1.70. The number of halogens is 2. The van der Waals surface area contributed by atoms with Crippen LogP contribution in [0.15, 0.2) is 64.6 Å². The monoisotopic (exact) mass is 392 g/mol. The van der Waals surface area contributed by atoms with E-state index in [1.807, 2.05) is 0 Å². The lowest BCUT2D eigenvalue weighted by atomic mass is 10.3. The number of rotatable bonds is 5. The van der Waals surface area contributed by atoms with Crippen molar-refractivity contribution >= 4 is 21.6 Å². The third kappa shape index (κ3) is 4.29. The van der Waals surface area contributed by atoms with Crippen LogP contribution in [0.1, 0.15) is 5.56 Å². The zero-order valence-electron chi connectivity index (χ0n) is 13.7. The average molecular weight is 392 g/mol. The first-order chi connectivity index (χ1) is 12.9. The minimum Gasteiger partial charge on any atom is -0.334 e. The standard InChI is InChI=1S/C17H14F2N4O3S/c18-12-1-6-16(15(19)7-12)27(25,26)14-4-2-13(3-5-14)23-17(24)20-8-11-9-21-22-10-11/h1-7,9-10H,8H2,(H,21,22)(H2,20,23,24). The normalized spacial score (nSPS) is 11.2. The van der Waals surface area contributed by atoms with Crippen LogP contribution in [0.2, 0.25) is 0 Å². The number of hydrogen-bond donors (Lipinski definition) is 3. The number of amides is 2. The molecular formula is C17H14F2N4O3S. The molecule has 0 aliphatic carbocycles. The molecule has 0 aliphatic heterocycles. The molecule has 0 saturated heterocycles. The van der Waals surface area contributed by atoms with Crippen molar-refractivity contribution in [1.82, 2.24) is 15.5 Å². The topological polar surface area (TPSA) is 104 Å². The molecule has 2 aromatic carbocycles. The fraction of sp³-hybridized carbons (Fsp3) is 0.0588. The van der Waals surface area contributed by atoms with Gasteiger partial charge in [-0.3, -0.25) is 5.10 Å². The van der Waals surface area contributed by atoms with Crippen molar-refractivity contribution in [2.75, 3.05) is 5.32 Å². The Morgan fingerprint density at radius 1 is 1.11 bits per heavy atom. The Bertz CT molecular complexity index is 1050. The maximum Gasteiger partial charge on any atom is 0.319 e. The molecule has 3 aromatic rings. The quantitative estimate of drug-likeness (QED) is 0.581. The van der Waals surface area contributed by atoms with Gasteiger partial charge < -0.3 is 10.6 Å². The highest BCUT2D eigenvalue weighted by Gasteiger charge is 2.22. The van der Waals surface area contributed by atoms with Crippen molar-refractivity contribution in [1.29, 1.82) is 0 Å². The van der Waals surface area contributed by atoms with Gasteiger partial charge in [-0.15, -0.1) is 0 Å². The molecule has 3 rings (SSSR count). The van der Waals surface area contributed by atoms with E-state index in [0.717, 1.165) is 17.7 Å². The fourth-order valence-corrected chi connectivity index (χ4v) is 3.58. The van der Waals surface area contributed by atoms with Crippen molar-refractivity contribution in [3.8, 4) is 0 Å². The van der Waals surface area contributed by atoms with Gasteiger partial charge in [-0.1, -0.05) is 0 Å². The molecule has 27 heavy (non-hydrogen) atoms. The van der Waals surface area contributed by atoms with Crippen molar-refractivity contribution in [2.24, 2.45) is 0 Å². The minimum atomic E-state index is -4.15. The van der Waals surface area contributed by atoms with Crippen LogP contribution >= 0.6 is 0 Å². The summed E-state index contributed by atoms with van der Waals surface area (Å²) in [5, 5.41) is 11.5. The van der Waals surface area contributed by atoms with Crippen molar-refractivity contribution < 1.29 is 22.0 Å². The lowest BCUT2D eigenvalue weighted by molar-refractivity contribution is 0.251. The molecular weight excluding hydrogens is 378 g/mol. The molecule has 7 nitrogen and oxygen atoms in total. The van der Waals surface area contributed by atoms with Gasteiger partial charge in [0, 0.05) is 30.1 Å². The van der Waals surface area contributed by atoms with Crippen LogP contribution in [-0.2, 0) is 16.4 Å². The number of carbonyl (C=O) groups excluding carboxylic acids is 1. The maximum atomic E-state index is 13.8. The Labute approximate surface area is 153 Å². The Kier molecular flexibility index (Phi) is 5.17. The maximum absolute atomic E-state index is 13.8. The van der Waals surface area contributed by atoms with E-state index in [1.54, 1.807) is 12.4 Å². The van der Waals surface area contributed by atoms with Gasteiger partial charge in [0.05, 0.1) is 11.1 Å². The second-order valence-corrected chi connectivity index (χ2v) is 7.43. The summed E-state index contributed by atoms with van der Waals surface area (Å²) in [6.45, 7) is 0.263. The van der Waals surface area contributed by atoms with Gasteiger partial charge in [0.25, 0.3) is 0 Å². The number of aromatic amines is 1. The van der Waals surface area contributed by atoms with E-state index in [1.165, 1.54) is 24.3 Å². The summed E-state index contributed by atoms with van der Waals surface area (Å²) >= 11 is 0. The van der Waals surface area contributed by atoms with Crippen LogP contribution in [0, 0.1) is 11.6 Å². The number of nitrogens with zero attached hydrogens (tertiary/aromatic N) is 1. The molecule has 0 saturated carbocycles. The molecule has 0 radical (unpaired) electrons. The van der Waals surface area contributed by atoms with E-state index >= 15 is 0 Å². The predicted molar refractivity (Wildman–Crippen MR) is 92.7 cm³/mol. The molecule has 3 N–H and O–H groups in total. The predicted octanol–water partition coefficient (Wildman–Crippen LogP) is 2.84. The van der Waals surface area contributed by atoms with Crippen LogP contribution in [0.4, 0.5) is 19.3 Å². The van der Waals surface area contributed by atoms with Crippen molar-refractivity contribution in [3.63, 3.8) is 0 Å². The molecule has 0 fully saturated rings. The van der Waals surface area contributed by atoms with E-state index in [2.05, 4.69) is 20.8 Å². The highest BCUT2D eigenvalue weighted by atomic mass is 32.2. The van der Waals surface area contributed by atoms with Crippen molar-refractivity contribution in [2.45, 2.75) is 16.3 Å². The number of urea groups is 1. The van der Waals surface area contributed by atoms with E-state index in [4.69, 9.17) is 0 Å². The average Bonchev–Trinajstić information content (AvgIpc) is 3.14. The largest absolute Gasteiger partial charge is 0.334 e. The van der Waals surface area contributed by atoms with Crippen LogP contribution in [0.25, 0.3) is 0 Å². The summed E-state index contributed by atoms with van der Waals surface area (Å²) in [7, 11) is -4.15. The number of H-pyrrole nitrogens is 1. The van der Waals surface area contributed by atoms with Crippen LogP contribution < -0.4 is 10.6 Å². The number of sulfone groups is 1. The number of benzene rings is 2. The summed E-state index contributed by atoms with van der Waals surface area (Å²) in [6.07, 6.45) is 3.20. The summed E-state index contributed by atoms with van der Waals surface area (Å²) in [5.74, 6) is -2.04.